The summed E-state index contributed by atoms with van der Waals surface area (Å²) in [7, 11) is 1.58. The van der Waals surface area contributed by atoms with E-state index in [1.54, 1.807) is 7.05 Å². The molecule has 1 heterocycles. The van der Waals surface area contributed by atoms with Crippen LogP contribution in [0, 0.1) is 5.92 Å². The summed E-state index contributed by atoms with van der Waals surface area (Å²) in [5.74, 6) is -0.460. The lowest BCUT2D eigenvalue weighted by atomic mass is 10.0. The molecule has 21 heavy (non-hydrogen) atoms. The fourth-order valence-electron chi connectivity index (χ4n) is 2.24. The number of H-pyrrole nitrogens is 1. The molecule has 1 aromatic heterocycles. The van der Waals surface area contributed by atoms with Crippen molar-refractivity contribution in [3.8, 4) is 0 Å². The van der Waals surface area contributed by atoms with E-state index >= 15 is 0 Å². The van der Waals surface area contributed by atoms with E-state index in [4.69, 9.17) is 0 Å². The van der Waals surface area contributed by atoms with Crippen LogP contribution < -0.4 is 10.6 Å². The number of amides is 2. The predicted octanol–water partition coefficient (Wildman–Crippen LogP) is 1.60. The number of likely N-dealkylation sites (N-methyl/N-ethyl adjacent to an activating group) is 1. The van der Waals surface area contributed by atoms with E-state index in [9.17, 15) is 9.59 Å². The lowest BCUT2D eigenvalue weighted by Gasteiger charge is -2.18. The Morgan fingerprint density at radius 2 is 1.90 bits per heavy atom. The van der Waals surface area contributed by atoms with Crippen molar-refractivity contribution >= 4 is 22.7 Å². The van der Waals surface area contributed by atoms with E-state index in [0.29, 0.717) is 6.42 Å². The Bertz CT molecular complexity index is 646. The number of carbonyl (C=O) groups excluding carboxylic acids is 2. The number of rotatable bonds is 5. The van der Waals surface area contributed by atoms with E-state index in [1.165, 1.54) is 0 Å². The number of aromatic nitrogens is 1. The molecule has 0 saturated heterocycles. The first-order valence-corrected chi connectivity index (χ1v) is 7.10. The Kier molecular flexibility index (Phi) is 4.62. The van der Waals surface area contributed by atoms with Crippen molar-refractivity contribution in [1.82, 2.24) is 15.6 Å². The topological polar surface area (TPSA) is 74.0 Å². The highest BCUT2D eigenvalue weighted by molar-refractivity contribution is 5.89. The minimum absolute atomic E-state index is 0.122. The zero-order valence-corrected chi connectivity index (χ0v) is 12.6. The number of hydrogen-bond donors (Lipinski definition) is 3. The van der Waals surface area contributed by atoms with Crippen LogP contribution in [-0.2, 0) is 16.0 Å². The zero-order valence-electron chi connectivity index (χ0n) is 12.6. The van der Waals surface area contributed by atoms with Gasteiger partial charge in [0.05, 0.1) is 0 Å². The fraction of sp³-hybridized carbons (Fsp3) is 0.375. The maximum absolute atomic E-state index is 12.0. The molecular weight excluding hydrogens is 266 g/mol. The molecule has 2 aromatic rings. The van der Waals surface area contributed by atoms with Gasteiger partial charge >= 0.3 is 0 Å². The lowest BCUT2D eigenvalue weighted by Crippen LogP contribution is -2.48. The maximum atomic E-state index is 12.0. The van der Waals surface area contributed by atoms with Crippen molar-refractivity contribution in [2.75, 3.05) is 7.05 Å². The van der Waals surface area contributed by atoms with Gasteiger partial charge in [0.1, 0.15) is 6.04 Å². The van der Waals surface area contributed by atoms with Crippen LogP contribution in [0.4, 0.5) is 0 Å². The minimum Gasteiger partial charge on any atom is -0.361 e. The third kappa shape index (κ3) is 3.42. The normalized spacial score (nSPS) is 12.4. The van der Waals surface area contributed by atoms with Crippen molar-refractivity contribution in [3.63, 3.8) is 0 Å². The lowest BCUT2D eigenvalue weighted by molar-refractivity contribution is -0.130. The van der Waals surface area contributed by atoms with Gasteiger partial charge in [-0.1, -0.05) is 32.0 Å². The van der Waals surface area contributed by atoms with Crippen molar-refractivity contribution < 1.29 is 9.59 Å². The van der Waals surface area contributed by atoms with E-state index in [2.05, 4.69) is 15.6 Å². The molecule has 0 aliphatic carbocycles. The number of nitrogens with one attached hydrogen (secondary N) is 3. The summed E-state index contributed by atoms with van der Waals surface area (Å²) in [6, 6.07) is 7.34. The van der Waals surface area contributed by atoms with E-state index in [1.807, 2.05) is 44.3 Å². The smallest absolute Gasteiger partial charge is 0.242 e. The highest BCUT2D eigenvalue weighted by Crippen LogP contribution is 2.19. The number of hydrogen-bond acceptors (Lipinski definition) is 2. The molecule has 0 bridgehead atoms. The molecule has 0 aliphatic heterocycles. The molecule has 112 valence electrons. The number of carbonyl (C=O) groups is 2. The third-order valence-corrected chi connectivity index (χ3v) is 3.50. The van der Waals surface area contributed by atoms with Gasteiger partial charge in [-0.25, -0.2) is 0 Å². The maximum Gasteiger partial charge on any atom is 0.242 e. The molecule has 1 aromatic carbocycles. The summed E-state index contributed by atoms with van der Waals surface area (Å²) in [4.78, 5) is 27.0. The van der Waals surface area contributed by atoms with Gasteiger partial charge in [-0.3, -0.25) is 9.59 Å². The van der Waals surface area contributed by atoms with Crippen molar-refractivity contribution in [1.29, 1.82) is 0 Å². The molecule has 0 spiro atoms. The number of benzene rings is 1. The van der Waals surface area contributed by atoms with E-state index in [0.717, 1.165) is 16.5 Å². The summed E-state index contributed by atoms with van der Waals surface area (Å²) in [5.41, 5.74) is 2.04. The average Bonchev–Trinajstić information content (AvgIpc) is 2.89. The van der Waals surface area contributed by atoms with Crippen LogP contribution in [0.25, 0.3) is 10.9 Å². The van der Waals surface area contributed by atoms with Crippen LogP contribution in [0.15, 0.2) is 30.5 Å². The minimum atomic E-state index is -0.566. The monoisotopic (exact) mass is 287 g/mol. The van der Waals surface area contributed by atoms with Gasteiger partial charge in [0.25, 0.3) is 0 Å². The third-order valence-electron chi connectivity index (χ3n) is 3.50. The quantitative estimate of drug-likeness (QED) is 0.781. The molecule has 5 nitrogen and oxygen atoms in total. The second-order valence-corrected chi connectivity index (χ2v) is 5.39. The molecule has 2 rings (SSSR count). The predicted molar refractivity (Wildman–Crippen MR) is 82.8 cm³/mol. The van der Waals surface area contributed by atoms with Gasteiger partial charge in [0, 0.05) is 36.5 Å². The molecule has 0 saturated carbocycles. The van der Waals surface area contributed by atoms with Crippen LogP contribution >= 0.6 is 0 Å². The van der Waals surface area contributed by atoms with Crippen molar-refractivity contribution in [3.05, 3.63) is 36.0 Å². The Morgan fingerprint density at radius 3 is 2.57 bits per heavy atom. The van der Waals surface area contributed by atoms with Crippen LogP contribution in [0.2, 0.25) is 0 Å². The van der Waals surface area contributed by atoms with Crippen LogP contribution in [0.5, 0.6) is 0 Å². The van der Waals surface area contributed by atoms with Gasteiger partial charge in [0.15, 0.2) is 0 Å². The zero-order chi connectivity index (χ0) is 15.4. The summed E-state index contributed by atoms with van der Waals surface area (Å²) in [6.45, 7) is 3.61. The number of para-hydroxylation sites is 1. The van der Waals surface area contributed by atoms with E-state index < -0.39 is 6.04 Å². The second-order valence-electron chi connectivity index (χ2n) is 5.39. The number of fused-ring (bicyclic) bond motifs is 1. The van der Waals surface area contributed by atoms with E-state index in [-0.39, 0.29) is 17.7 Å². The summed E-state index contributed by atoms with van der Waals surface area (Å²) < 4.78 is 0. The molecule has 1 unspecified atom stereocenters. The first-order valence-electron chi connectivity index (χ1n) is 7.10. The SMILES string of the molecule is CNC(=O)C(Cc1c[nH]c2ccccc12)NC(=O)C(C)C. The van der Waals surface area contributed by atoms with Crippen molar-refractivity contribution in [2.24, 2.45) is 5.92 Å². The van der Waals surface area contributed by atoms with Crippen LogP contribution in [0.1, 0.15) is 19.4 Å². The fourth-order valence-corrected chi connectivity index (χ4v) is 2.24. The van der Waals surface area contributed by atoms with Gasteiger partial charge in [-0.2, -0.15) is 0 Å². The molecule has 2 amide bonds. The summed E-state index contributed by atoms with van der Waals surface area (Å²) >= 11 is 0. The molecule has 0 fully saturated rings. The van der Waals surface area contributed by atoms with Gasteiger partial charge in [0.2, 0.25) is 11.8 Å². The molecule has 0 aliphatic rings. The summed E-state index contributed by atoms with van der Waals surface area (Å²) in [5, 5.41) is 6.49. The Morgan fingerprint density at radius 1 is 1.19 bits per heavy atom. The molecule has 0 radical (unpaired) electrons. The standard InChI is InChI=1S/C16H21N3O2/c1-10(2)15(20)19-14(16(21)17-3)8-11-9-18-13-7-5-4-6-12(11)13/h4-7,9-10,14,18H,8H2,1-3H3,(H,17,21)(H,19,20). The van der Waals surface area contributed by atoms with Gasteiger partial charge in [-0.15, -0.1) is 0 Å². The molecule has 5 heteroatoms. The Balaban J connectivity index is 2.22. The van der Waals surface area contributed by atoms with Gasteiger partial charge < -0.3 is 15.6 Å². The largest absolute Gasteiger partial charge is 0.361 e. The number of aromatic amines is 1. The highest BCUT2D eigenvalue weighted by Gasteiger charge is 2.22. The first-order chi connectivity index (χ1) is 10.0. The average molecular weight is 287 g/mol. The molecule has 3 N–H and O–H groups in total. The molecule has 1 atom stereocenters. The van der Waals surface area contributed by atoms with Crippen molar-refractivity contribution in [2.45, 2.75) is 26.3 Å². The van der Waals surface area contributed by atoms with Crippen LogP contribution in [-0.4, -0.2) is 29.9 Å². The first kappa shape index (κ1) is 15.1. The second kappa shape index (κ2) is 6.43. The van der Waals surface area contributed by atoms with Gasteiger partial charge in [-0.05, 0) is 11.6 Å². The Labute approximate surface area is 124 Å². The highest BCUT2D eigenvalue weighted by atomic mass is 16.2. The summed E-state index contributed by atoms with van der Waals surface area (Å²) in [6.07, 6.45) is 2.35. The molecular formula is C16H21N3O2. The van der Waals surface area contributed by atoms with Crippen LogP contribution in [0.3, 0.4) is 0 Å². The Hall–Kier alpha value is -2.30.